The summed E-state index contributed by atoms with van der Waals surface area (Å²) in [6, 6.07) is 24.2. The summed E-state index contributed by atoms with van der Waals surface area (Å²) in [5, 5.41) is 11.3. The molecule has 0 fully saturated rings. The lowest BCUT2D eigenvalue weighted by Crippen LogP contribution is -2.01. The summed E-state index contributed by atoms with van der Waals surface area (Å²) in [4.78, 5) is 9.33. The molecule has 0 spiro atoms. The molecule has 0 radical (unpaired) electrons. The van der Waals surface area contributed by atoms with Gasteiger partial charge in [0.05, 0.1) is 35.4 Å². The van der Waals surface area contributed by atoms with Crippen molar-refractivity contribution in [2.75, 3.05) is 18.7 Å². The van der Waals surface area contributed by atoms with Crippen molar-refractivity contribution >= 4 is 34.2 Å². The first-order valence-electron chi connectivity index (χ1n) is 10.5. The molecule has 5 aromatic rings. The van der Waals surface area contributed by atoms with Crippen LogP contribution in [0.1, 0.15) is 5.69 Å². The van der Waals surface area contributed by atoms with Crippen LogP contribution in [0.5, 0.6) is 5.75 Å². The van der Waals surface area contributed by atoms with Gasteiger partial charge in [-0.15, -0.1) is 11.8 Å². The molecule has 1 N–H and O–H groups in total. The van der Waals surface area contributed by atoms with Crippen molar-refractivity contribution in [3.63, 3.8) is 0 Å². The van der Waals surface area contributed by atoms with E-state index in [0.29, 0.717) is 5.95 Å². The lowest BCUT2D eigenvalue weighted by atomic mass is 10.1. The van der Waals surface area contributed by atoms with E-state index in [-0.39, 0.29) is 0 Å². The highest BCUT2D eigenvalue weighted by Crippen LogP contribution is 2.36. The SMILES string of the molecule is COc1ccc2ccccc2c1Nc1nccc(-c2c(SC)nn(-c3ccccc3)c2C)n1. The summed E-state index contributed by atoms with van der Waals surface area (Å²) < 4.78 is 7.58. The van der Waals surface area contributed by atoms with Crippen molar-refractivity contribution in [3.8, 4) is 22.7 Å². The molecule has 0 bridgehead atoms. The smallest absolute Gasteiger partial charge is 0.227 e. The maximum Gasteiger partial charge on any atom is 0.227 e. The van der Waals surface area contributed by atoms with Gasteiger partial charge >= 0.3 is 0 Å². The van der Waals surface area contributed by atoms with Gasteiger partial charge in [0.25, 0.3) is 0 Å². The lowest BCUT2D eigenvalue weighted by Gasteiger charge is -2.14. The molecule has 0 amide bonds. The maximum atomic E-state index is 5.61. The van der Waals surface area contributed by atoms with Crippen LogP contribution in [0.3, 0.4) is 0 Å². The van der Waals surface area contributed by atoms with Crippen LogP contribution in [0.15, 0.2) is 84.0 Å². The molecule has 164 valence electrons. The van der Waals surface area contributed by atoms with E-state index in [9.17, 15) is 0 Å². The Hall–Kier alpha value is -3.84. The number of fused-ring (bicyclic) bond motifs is 1. The first kappa shape index (κ1) is 21.0. The summed E-state index contributed by atoms with van der Waals surface area (Å²) in [6.07, 6.45) is 3.80. The molecule has 5 rings (SSSR count). The first-order chi connectivity index (χ1) is 16.2. The topological polar surface area (TPSA) is 64.9 Å². The number of aromatic nitrogens is 4. The molecular formula is C26H23N5OS. The highest BCUT2D eigenvalue weighted by molar-refractivity contribution is 7.98. The van der Waals surface area contributed by atoms with Crippen molar-refractivity contribution < 1.29 is 4.74 Å². The summed E-state index contributed by atoms with van der Waals surface area (Å²) in [7, 11) is 1.67. The Morgan fingerprint density at radius 1 is 0.939 bits per heavy atom. The van der Waals surface area contributed by atoms with Crippen LogP contribution < -0.4 is 10.1 Å². The molecule has 0 atom stereocenters. The Balaban J connectivity index is 1.58. The third-order valence-corrected chi connectivity index (χ3v) is 6.21. The molecule has 0 aliphatic carbocycles. The summed E-state index contributed by atoms with van der Waals surface area (Å²) in [5.41, 5.74) is 4.70. The molecule has 2 aromatic heterocycles. The van der Waals surface area contributed by atoms with Gasteiger partial charge in [-0.2, -0.15) is 5.10 Å². The van der Waals surface area contributed by atoms with E-state index < -0.39 is 0 Å². The number of hydrogen-bond donors (Lipinski definition) is 1. The molecule has 3 aromatic carbocycles. The molecule has 0 aliphatic rings. The third kappa shape index (κ3) is 3.91. The quantitative estimate of drug-likeness (QED) is 0.306. The van der Waals surface area contributed by atoms with E-state index in [2.05, 4.69) is 29.4 Å². The zero-order valence-corrected chi connectivity index (χ0v) is 19.4. The molecule has 7 heteroatoms. The first-order valence-corrected chi connectivity index (χ1v) is 11.8. The van der Waals surface area contributed by atoms with Gasteiger partial charge in [-0.1, -0.05) is 48.5 Å². The molecule has 2 heterocycles. The van der Waals surface area contributed by atoms with E-state index in [1.807, 2.05) is 71.6 Å². The molecule has 0 aliphatic heterocycles. The number of thioether (sulfide) groups is 1. The van der Waals surface area contributed by atoms with E-state index in [1.165, 1.54) is 0 Å². The standard InChI is InChI=1S/C26H23N5OS/c1-17-23(25(33-3)30-31(17)19-10-5-4-6-11-19)21-15-16-27-26(28-21)29-24-20-12-8-7-9-18(20)13-14-22(24)32-2/h4-16H,1-3H3,(H,27,28,29). The Morgan fingerprint density at radius 3 is 2.52 bits per heavy atom. The molecule has 0 saturated carbocycles. The van der Waals surface area contributed by atoms with Crippen LogP contribution in [0.25, 0.3) is 27.7 Å². The number of anilines is 2. The van der Waals surface area contributed by atoms with Crippen LogP contribution in [-0.2, 0) is 0 Å². The highest BCUT2D eigenvalue weighted by atomic mass is 32.2. The minimum Gasteiger partial charge on any atom is -0.495 e. The van der Waals surface area contributed by atoms with Gasteiger partial charge in [-0.3, -0.25) is 0 Å². The van der Waals surface area contributed by atoms with Crippen molar-refractivity contribution in [3.05, 3.63) is 84.7 Å². The molecule has 0 saturated heterocycles. The van der Waals surface area contributed by atoms with Crippen molar-refractivity contribution in [1.29, 1.82) is 0 Å². The van der Waals surface area contributed by atoms with E-state index in [1.54, 1.807) is 25.1 Å². The predicted octanol–water partition coefficient (Wildman–Crippen LogP) is 6.27. The van der Waals surface area contributed by atoms with Gasteiger partial charge in [0.15, 0.2) is 0 Å². The Morgan fingerprint density at radius 2 is 1.73 bits per heavy atom. The van der Waals surface area contributed by atoms with E-state index >= 15 is 0 Å². The molecule has 33 heavy (non-hydrogen) atoms. The zero-order chi connectivity index (χ0) is 22.8. The Labute approximate surface area is 196 Å². The number of benzene rings is 3. The molecular weight excluding hydrogens is 430 g/mol. The second-order valence-electron chi connectivity index (χ2n) is 7.47. The monoisotopic (exact) mass is 453 g/mol. The van der Waals surface area contributed by atoms with Crippen LogP contribution in [0.4, 0.5) is 11.6 Å². The van der Waals surface area contributed by atoms with E-state index in [0.717, 1.165) is 49.9 Å². The van der Waals surface area contributed by atoms with E-state index in [4.69, 9.17) is 14.8 Å². The number of hydrogen-bond acceptors (Lipinski definition) is 6. The fraction of sp³-hybridized carbons (Fsp3) is 0.115. The van der Waals surface area contributed by atoms with Crippen LogP contribution in [0, 0.1) is 6.92 Å². The van der Waals surface area contributed by atoms with Crippen LogP contribution in [0.2, 0.25) is 0 Å². The van der Waals surface area contributed by atoms with Gasteiger partial charge in [0.1, 0.15) is 10.8 Å². The van der Waals surface area contributed by atoms with Gasteiger partial charge in [-0.25, -0.2) is 14.6 Å². The van der Waals surface area contributed by atoms with Gasteiger partial charge in [-0.05, 0) is 42.8 Å². The molecule has 0 unspecified atom stereocenters. The maximum absolute atomic E-state index is 5.61. The van der Waals surface area contributed by atoms with Gasteiger partial charge in [0.2, 0.25) is 5.95 Å². The zero-order valence-electron chi connectivity index (χ0n) is 18.6. The van der Waals surface area contributed by atoms with Gasteiger partial charge < -0.3 is 10.1 Å². The summed E-state index contributed by atoms with van der Waals surface area (Å²) in [5.74, 6) is 1.24. The summed E-state index contributed by atoms with van der Waals surface area (Å²) >= 11 is 1.60. The van der Waals surface area contributed by atoms with Crippen LogP contribution >= 0.6 is 11.8 Å². The second-order valence-corrected chi connectivity index (χ2v) is 8.27. The van der Waals surface area contributed by atoms with Crippen LogP contribution in [-0.4, -0.2) is 33.1 Å². The third-order valence-electron chi connectivity index (χ3n) is 5.54. The number of para-hydroxylation sites is 1. The van der Waals surface area contributed by atoms with Gasteiger partial charge in [0, 0.05) is 11.6 Å². The van der Waals surface area contributed by atoms with Crippen molar-refractivity contribution in [1.82, 2.24) is 19.7 Å². The largest absolute Gasteiger partial charge is 0.495 e. The fourth-order valence-electron chi connectivity index (χ4n) is 3.96. The number of ether oxygens (including phenoxy) is 1. The average molecular weight is 454 g/mol. The number of rotatable bonds is 6. The normalized spacial score (nSPS) is 11.0. The number of methoxy groups -OCH3 is 1. The highest BCUT2D eigenvalue weighted by Gasteiger charge is 2.19. The Kier molecular flexibility index (Phi) is 5.71. The Bertz CT molecular complexity index is 1430. The minimum absolute atomic E-state index is 0.501. The minimum atomic E-state index is 0.501. The average Bonchev–Trinajstić information content (AvgIpc) is 3.21. The summed E-state index contributed by atoms with van der Waals surface area (Å²) in [6.45, 7) is 2.07. The number of nitrogens with zero attached hydrogens (tertiary/aromatic N) is 4. The van der Waals surface area contributed by atoms with Crippen molar-refractivity contribution in [2.24, 2.45) is 0 Å². The number of nitrogens with one attached hydrogen (secondary N) is 1. The molecule has 6 nitrogen and oxygen atoms in total. The lowest BCUT2D eigenvalue weighted by molar-refractivity contribution is 0.417. The predicted molar refractivity (Wildman–Crippen MR) is 135 cm³/mol. The fourth-order valence-corrected chi connectivity index (χ4v) is 4.58. The second kappa shape index (κ2) is 8.96. The van der Waals surface area contributed by atoms with Crippen molar-refractivity contribution in [2.45, 2.75) is 11.9 Å².